The van der Waals surface area contributed by atoms with E-state index in [0.29, 0.717) is 64.0 Å². The number of amides is 2. The van der Waals surface area contributed by atoms with E-state index in [1.807, 2.05) is 58.3 Å². The summed E-state index contributed by atoms with van der Waals surface area (Å²) in [5, 5.41) is 6.21. The van der Waals surface area contributed by atoms with Crippen LogP contribution in [-0.2, 0) is 30.5 Å². The average molecular weight is 675 g/mol. The predicted octanol–water partition coefficient (Wildman–Crippen LogP) is 5.55. The van der Waals surface area contributed by atoms with Gasteiger partial charge < -0.3 is 25.0 Å². The van der Waals surface area contributed by atoms with Crippen LogP contribution in [0, 0.1) is 12.3 Å². The van der Waals surface area contributed by atoms with Gasteiger partial charge in [0, 0.05) is 25.1 Å². The van der Waals surface area contributed by atoms with Gasteiger partial charge in [0.1, 0.15) is 11.8 Å². The molecule has 12 heteroatoms. The smallest absolute Gasteiger partial charge is 0.305 e. The minimum Gasteiger partial charge on any atom is -0.493 e. The molecule has 0 bridgehead atoms. The molecule has 1 saturated carbocycles. The van der Waals surface area contributed by atoms with Crippen LogP contribution in [0.1, 0.15) is 90.3 Å². The minimum absolute atomic E-state index is 0.0334. The highest BCUT2D eigenvalue weighted by atomic mass is 32.1. The summed E-state index contributed by atoms with van der Waals surface area (Å²) in [7, 11) is 1.79. The number of rotatable bonds is 15. The molecule has 0 radical (unpaired) electrons. The number of likely N-dealkylation sites (tertiary alicyclic amines) is 1. The Bertz CT molecular complexity index is 1360. The van der Waals surface area contributed by atoms with Crippen molar-refractivity contribution in [3.05, 3.63) is 35.0 Å². The maximum atomic E-state index is 13.3. The lowest BCUT2D eigenvalue weighted by atomic mass is 9.86. The predicted molar refractivity (Wildman–Crippen MR) is 181 cm³/mol. The Morgan fingerprint density at radius 1 is 1.21 bits per heavy atom. The van der Waals surface area contributed by atoms with E-state index in [1.165, 1.54) is 0 Å². The van der Waals surface area contributed by atoms with Crippen molar-refractivity contribution >= 4 is 35.4 Å². The zero-order valence-corrected chi connectivity index (χ0v) is 29.5. The SMILES string of the molecule is CCOC(=O)CCCCCOc1cc(-c2scnc2C)ccc1CNC(=O)C1CCCN1C(=O)C(NC)C(C)(C)C.O=CC1(F)CC1. The van der Waals surface area contributed by atoms with Crippen LogP contribution in [0.3, 0.4) is 0 Å². The number of aldehydes is 1. The zero-order valence-electron chi connectivity index (χ0n) is 28.7. The molecule has 1 aliphatic carbocycles. The van der Waals surface area contributed by atoms with Crippen LogP contribution >= 0.6 is 11.3 Å². The van der Waals surface area contributed by atoms with Crippen molar-refractivity contribution in [2.45, 2.75) is 110 Å². The average Bonchev–Trinajstić information content (AvgIpc) is 3.37. The van der Waals surface area contributed by atoms with Crippen LogP contribution in [-0.4, -0.2) is 78.5 Å². The molecule has 1 aromatic carbocycles. The number of benzene rings is 1. The summed E-state index contributed by atoms with van der Waals surface area (Å²) in [6, 6.07) is 5.17. The van der Waals surface area contributed by atoms with Gasteiger partial charge in [-0.15, -0.1) is 11.3 Å². The molecule has 47 heavy (non-hydrogen) atoms. The highest BCUT2D eigenvalue weighted by molar-refractivity contribution is 7.13. The standard InChI is InChI=1S/C31H46N4O5S.C4H5FO/c1-7-39-26(36)13-9-8-10-17-40-25-18-22(27-21(2)34-20-41-27)14-15-23(25)19-33-29(37)24-12-11-16-35(24)30(38)28(32-6)31(3,4)5;5-4(3-6)1-2-4/h14-15,18,20,24,28,32H,7-13,16-17,19H2,1-6H3,(H,33,37);3H,1-2H2. The number of nitrogens with one attached hydrogen (secondary N) is 2. The molecular formula is C35H51FN4O6S. The second kappa shape index (κ2) is 17.7. The van der Waals surface area contributed by atoms with Crippen molar-refractivity contribution in [2.75, 3.05) is 26.8 Å². The van der Waals surface area contributed by atoms with Crippen LogP contribution in [0.4, 0.5) is 4.39 Å². The van der Waals surface area contributed by atoms with Crippen molar-refractivity contribution in [3.63, 3.8) is 0 Å². The van der Waals surface area contributed by atoms with Crippen molar-refractivity contribution in [1.29, 1.82) is 0 Å². The Kier molecular flexibility index (Phi) is 14.3. The third kappa shape index (κ3) is 11.4. The van der Waals surface area contributed by atoms with Gasteiger partial charge in [-0.3, -0.25) is 19.2 Å². The summed E-state index contributed by atoms with van der Waals surface area (Å²) in [5.41, 5.74) is 3.02. The number of carbonyl (C=O) groups is 4. The van der Waals surface area contributed by atoms with Crippen LogP contribution < -0.4 is 15.4 Å². The van der Waals surface area contributed by atoms with Gasteiger partial charge >= 0.3 is 5.97 Å². The fourth-order valence-electron chi connectivity index (χ4n) is 5.45. The first kappa shape index (κ1) is 38.1. The third-order valence-electron chi connectivity index (χ3n) is 8.30. The number of carbonyl (C=O) groups excluding carboxylic acids is 4. The molecule has 2 N–H and O–H groups in total. The Morgan fingerprint density at radius 2 is 1.96 bits per heavy atom. The first-order valence-electron chi connectivity index (χ1n) is 16.6. The monoisotopic (exact) mass is 674 g/mol. The highest BCUT2D eigenvalue weighted by Crippen LogP contribution is 2.37. The maximum Gasteiger partial charge on any atom is 0.305 e. The number of esters is 1. The Labute approximate surface area is 282 Å². The molecule has 4 rings (SSSR count). The van der Waals surface area contributed by atoms with E-state index in [-0.39, 0.29) is 29.2 Å². The van der Waals surface area contributed by atoms with Crippen molar-refractivity contribution in [1.82, 2.24) is 20.5 Å². The Hall–Kier alpha value is -3.38. The summed E-state index contributed by atoms with van der Waals surface area (Å²) in [6.07, 6.45) is 5.54. The fourth-order valence-corrected chi connectivity index (χ4v) is 6.25. The number of ether oxygens (including phenoxy) is 2. The number of thiazole rings is 1. The molecule has 260 valence electrons. The topological polar surface area (TPSA) is 127 Å². The molecule has 2 heterocycles. The van der Waals surface area contributed by atoms with Crippen LogP contribution in [0.5, 0.6) is 5.75 Å². The maximum absolute atomic E-state index is 13.3. The van der Waals surface area contributed by atoms with E-state index in [1.54, 1.807) is 23.3 Å². The van der Waals surface area contributed by atoms with E-state index >= 15 is 0 Å². The van der Waals surface area contributed by atoms with Gasteiger partial charge in [0.05, 0.1) is 35.3 Å². The van der Waals surface area contributed by atoms with E-state index in [9.17, 15) is 23.6 Å². The molecule has 1 aromatic heterocycles. The number of likely N-dealkylation sites (N-methyl/N-ethyl adjacent to an activating group) is 1. The molecule has 2 atom stereocenters. The fraction of sp³-hybridized carbons (Fsp3) is 0.629. The second-order valence-corrected chi connectivity index (χ2v) is 14.1. The minimum atomic E-state index is -1.39. The number of aryl methyl sites for hydroxylation is 1. The highest BCUT2D eigenvalue weighted by Gasteiger charge is 2.43. The number of alkyl halides is 1. The lowest BCUT2D eigenvalue weighted by Gasteiger charge is -2.34. The van der Waals surface area contributed by atoms with Gasteiger partial charge in [0.25, 0.3) is 0 Å². The van der Waals surface area contributed by atoms with E-state index in [2.05, 4.69) is 15.6 Å². The zero-order chi connectivity index (χ0) is 34.6. The molecule has 1 aliphatic heterocycles. The summed E-state index contributed by atoms with van der Waals surface area (Å²) in [5.74, 6) is 0.366. The van der Waals surface area contributed by atoms with Crippen molar-refractivity contribution in [2.24, 2.45) is 5.41 Å². The molecule has 2 amide bonds. The molecule has 2 fully saturated rings. The number of unbranched alkanes of at least 4 members (excludes halogenated alkanes) is 2. The van der Waals surface area contributed by atoms with Gasteiger partial charge in [0.2, 0.25) is 11.8 Å². The third-order valence-corrected chi connectivity index (χ3v) is 9.27. The normalized spacial score (nSPS) is 17.3. The summed E-state index contributed by atoms with van der Waals surface area (Å²) in [4.78, 5) is 54.9. The summed E-state index contributed by atoms with van der Waals surface area (Å²) >= 11 is 1.58. The van der Waals surface area contributed by atoms with Gasteiger partial charge in [-0.1, -0.05) is 32.9 Å². The van der Waals surface area contributed by atoms with Crippen molar-refractivity contribution in [3.8, 4) is 16.2 Å². The van der Waals surface area contributed by atoms with Crippen LogP contribution in [0.25, 0.3) is 10.4 Å². The lowest BCUT2D eigenvalue weighted by molar-refractivity contribution is -0.143. The lowest BCUT2D eigenvalue weighted by Crippen LogP contribution is -2.55. The number of nitrogens with zero attached hydrogens (tertiary/aromatic N) is 2. The quantitative estimate of drug-likeness (QED) is 0.143. The molecular weight excluding hydrogens is 623 g/mol. The number of aromatic nitrogens is 1. The first-order chi connectivity index (χ1) is 22.3. The molecule has 1 saturated heterocycles. The van der Waals surface area contributed by atoms with Gasteiger partial charge in [-0.25, -0.2) is 9.37 Å². The first-order valence-corrected chi connectivity index (χ1v) is 17.4. The van der Waals surface area contributed by atoms with Gasteiger partial charge in [0.15, 0.2) is 12.0 Å². The molecule has 2 aliphatic rings. The van der Waals surface area contributed by atoms with E-state index in [4.69, 9.17) is 9.47 Å². The summed E-state index contributed by atoms with van der Waals surface area (Å²) < 4.78 is 23.1. The van der Waals surface area contributed by atoms with E-state index in [0.717, 1.165) is 47.4 Å². The molecule has 10 nitrogen and oxygen atoms in total. The Morgan fingerprint density at radius 3 is 2.53 bits per heavy atom. The number of hydrogen-bond acceptors (Lipinski definition) is 9. The second-order valence-electron chi connectivity index (χ2n) is 13.2. The van der Waals surface area contributed by atoms with Gasteiger partial charge in [-0.2, -0.15) is 0 Å². The molecule has 2 unspecified atom stereocenters. The van der Waals surface area contributed by atoms with E-state index < -0.39 is 11.7 Å². The number of hydrogen-bond donors (Lipinski definition) is 2. The number of halogens is 1. The molecule has 0 spiro atoms. The summed E-state index contributed by atoms with van der Waals surface area (Å²) in [6.45, 7) is 11.6. The molecule has 2 aromatic rings. The van der Waals surface area contributed by atoms with Gasteiger partial charge in [-0.05, 0) is 82.9 Å². The Balaban J connectivity index is 0.000000896. The van der Waals surface area contributed by atoms with Crippen molar-refractivity contribution < 1.29 is 33.0 Å². The van der Waals surface area contributed by atoms with Crippen LogP contribution in [0.15, 0.2) is 23.7 Å². The van der Waals surface area contributed by atoms with Crippen LogP contribution in [0.2, 0.25) is 0 Å². The largest absolute Gasteiger partial charge is 0.493 e.